The highest BCUT2D eigenvalue weighted by molar-refractivity contribution is 6.30. The first-order valence-corrected chi connectivity index (χ1v) is 6.21. The van der Waals surface area contributed by atoms with E-state index < -0.39 is 6.10 Å². The average Bonchev–Trinajstić information content (AvgIpc) is 2.32. The van der Waals surface area contributed by atoms with Crippen molar-refractivity contribution < 1.29 is 9.53 Å². The lowest BCUT2D eigenvalue weighted by Gasteiger charge is -2.14. The summed E-state index contributed by atoms with van der Waals surface area (Å²) in [7, 11) is 0. The van der Waals surface area contributed by atoms with Crippen molar-refractivity contribution in [3.63, 3.8) is 0 Å². The normalized spacial score (nSPS) is 11.9. The number of carbonyl (C=O) groups excluding carboxylic acids is 1. The maximum atomic E-state index is 11.6. The van der Waals surface area contributed by atoms with Crippen molar-refractivity contribution in [2.45, 2.75) is 32.8 Å². The van der Waals surface area contributed by atoms with Gasteiger partial charge >= 0.3 is 0 Å². The lowest BCUT2D eigenvalue weighted by Crippen LogP contribution is -2.36. The Labute approximate surface area is 107 Å². The second-order valence-corrected chi connectivity index (χ2v) is 4.30. The molecule has 1 aromatic rings. The van der Waals surface area contributed by atoms with E-state index in [0.717, 1.165) is 12.8 Å². The van der Waals surface area contributed by atoms with Gasteiger partial charge in [0.1, 0.15) is 5.75 Å². The van der Waals surface area contributed by atoms with Gasteiger partial charge in [0.15, 0.2) is 6.10 Å². The fraction of sp³-hybridized carbons (Fsp3) is 0.462. The maximum Gasteiger partial charge on any atom is 0.260 e. The zero-order valence-corrected chi connectivity index (χ0v) is 11.0. The van der Waals surface area contributed by atoms with Crippen LogP contribution in [0.25, 0.3) is 0 Å². The lowest BCUT2D eigenvalue weighted by atomic mass is 10.3. The van der Waals surface area contributed by atoms with Crippen molar-refractivity contribution in [3.05, 3.63) is 29.3 Å². The molecule has 0 aliphatic carbocycles. The van der Waals surface area contributed by atoms with Gasteiger partial charge in [-0.15, -0.1) is 0 Å². The summed E-state index contributed by atoms with van der Waals surface area (Å²) in [5.41, 5.74) is 0. The lowest BCUT2D eigenvalue weighted by molar-refractivity contribution is -0.127. The van der Waals surface area contributed by atoms with Gasteiger partial charge in [-0.1, -0.05) is 24.9 Å². The molecule has 1 aromatic carbocycles. The fourth-order valence-electron chi connectivity index (χ4n) is 1.30. The van der Waals surface area contributed by atoms with Gasteiger partial charge in [-0.05, 0) is 37.6 Å². The van der Waals surface area contributed by atoms with Crippen LogP contribution in [0.1, 0.15) is 26.7 Å². The van der Waals surface area contributed by atoms with Crippen LogP contribution in [-0.4, -0.2) is 18.6 Å². The number of unbranched alkanes of at least 4 members (excludes halogenated alkanes) is 1. The monoisotopic (exact) mass is 255 g/mol. The molecule has 1 atom stereocenters. The first kappa shape index (κ1) is 13.8. The highest BCUT2D eigenvalue weighted by Crippen LogP contribution is 2.16. The second-order valence-electron chi connectivity index (χ2n) is 3.86. The van der Waals surface area contributed by atoms with Gasteiger partial charge in [0, 0.05) is 11.6 Å². The largest absolute Gasteiger partial charge is 0.481 e. The summed E-state index contributed by atoms with van der Waals surface area (Å²) in [6.45, 7) is 4.51. The molecule has 1 amide bonds. The Morgan fingerprint density at radius 2 is 2.06 bits per heavy atom. The van der Waals surface area contributed by atoms with Gasteiger partial charge < -0.3 is 10.1 Å². The number of hydrogen-bond acceptors (Lipinski definition) is 2. The summed E-state index contributed by atoms with van der Waals surface area (Å²) in [5.74, 6) is 0.556. The molecule has 0 aromatic heterocycles. The van der Waals surface area contributed by atoms with Gasteiger partial charge in [0.2, 0.25) is 0 Å². The maximum absolute atomic E-state index is 11.6. The van der Waals surface area contributed by atoms with Crippen LogP contribution in [0.3, 0.4) is 0 Å². The fourth-order valence-corrected chi connectivity index (χ4v) is 1.43. The molecule has 0 spiro atoms. The molecular weight excluding hydrogens is 238 g/mol. The third-order valence-corrected chi connectivity index (χ3v) is 2.58. The molecular formula is C13H18ClNO2. The Bertz CT molecular complexity index is 351. The van der Waals surface area contributed by atoms with E-state index in [4.69, 9.17) is 16.3 Å². The van der Waals surface area contributed by atoms with Crippen molar-refractivity contribution in [2.75, 3.05) is 6.54 Å². The van der Waals surface area contributed by atoms with E-state index in [1.54, 1.807) is 31.2 Å². The number of carbonyl (C=O) groups is 1. The smallest absolute Gasteiger partial charge is 0.260 e. The Hall–Kier alpha value is -1.22. The summed E-state index contributed by atoms with van der Waals surface area (Å²) in [6.07, 6.45) is 1.56. The number of nitrogens with one attached hydrogen (secondary N) is 1. The van der Waals surface area contributed by atoms with Crippen molar-refractivity contribution in [3.8, 4) is 5.75 Å². The van der Waals surface area contributed by atoms with E-state index in [-0.39, 0.29) is 5.91 Å². The molecule has 0 unspecified atom stereocenters. The number of amides is 1. The van der Waals surface area contributed by atoms with Crippen LogP contribution in [0.2, 0.25) is 5.02 Å². The van der Waals surface area contributed by atoms with E-state index in [0.29, 0.717) is 17.3 Å². The SMILES string of the molecule is CCCCNC(=O)[C@@H](C)Oc1ccc(Cl)cc1. The molecule has 0 radical (unpaired) electrons. The summed E-state index contributed by atoms with van der Waals surface area (Å²) < 4.78 is 5.49. The molecule has 17 heavy (non-hydrogen) atoms. The van der Waals surface area contributed by atoms with Gasteiger partial charge in [0.25, 0.3) is 5.91 Å². The number of halogens is 1. The van der Waals surface area contributed by atoms with Crippen LogP contribution < -0.4 is 10.1 Å². The van der Waals surface area contributed by atoms with E-state index in [9.17, 15) is 4.79 Å². The summed E-state index contributed by atoms with van der Waals surface area (Å²) in [4.78, 5) is 11.6. The molecule has 1 N–H and O–H groups in total. The van der Waals surface area contributed by atoms with Crippen molar-refractivity contribution in [1.29, 1.82) is 0 Å². The van der Waals surface area contributed by atoms with Gasteiger partial charge in [-0.3, -0.25) is 4.79 Å². The summed E-state index contributed by atoms with van der Waals surface area (Å²) in [5, 5.41) is 3.48. The summed E-state index contributed by atoms with van der Waals surface area (Å²) in [6, 6.07) is 6.97. The topological polar surface area (TPSA) is 38.3 Å². The van der Waals surface area contributed by atoms with Gasteiger partial charge in [-0.25, -0.2) is 0 Å². The second kappa shape index (κ2) is 7.17. The van der Waals surface area contributed by atoms with Crippen LogP contribution in [-0.2, 0) is 4.79 Å². The molecule has 0 fully saturated rings. The molecule has 0 saturated carbocycles. The number of benzene rings is 1. The summed E-state index contributed by atoms with van der Waals surface area (Å²) >= 11 is 5.76. The van der Waals surface area contributed by atoms with Crippen molar-refractivity contribution in [1.82, 2.24) is 5.32 Å². The van der Waals surface area contributed by atoms with E-state index in [1.807, 2.05) is 0 Å². The molecule has 94 valence electrons. The molecule has 0 heterocycles. The van der Waals surface area contributed by atoms with E-state index >= 15 is 0 Å². The van der Waals surface area contributed by atoms with Gasteiger partial charge in [0.05, 0.1) is 0 Å². The number of ether oxygens (including phenoxy) is 1. The van der Waals surface area contributed by atoms with Crippen LogP contribution in [0.15, 0.2) is 24.3 Å². The Balaban J connectivity index is 2.40. The zero-order valence-electron chi connectivity index (χ0n) is 10.2. The number of rotatable bonds is 6. The Morgan fingerprint density at radius 3 is 2.65 bits per heavy atom. The highest BCUT2D eigenvalue weighted by atomic mass is 35.5. The predicted molar refractivity (Wildman–Crippen MR) is 69.5 cm³/mol. The molecule has 0 saturated heterocycles. The average molecular weight is 256 g/mol. The molecule has 4 heteroatoms. The quantitative estimate of drug-likeness (QED) is 0.794. The minimum absolute atomic E-state index is 0.0894. The van der Waals surface area contributed by atoms with E-state index in [2.05, 4.69) is 12.2 Å². The molecule has 1 rings (SSSR count). The van der Waals surface area contributed by atoms with Gasteiger partial charge in [-0.2, -0.15) is 0 Å². The standard InChI is InChI=1S/C13H18ClNO2/c1-3-4-9-15-13(16)10(2)17-12-7-5-11(14)6-8-12/h5-8,10H,3-4,9H2,1-2H3,(H,15,16)/t10-/m1/s1. The van der Waals surface area contributed by atoms with Crippen molar-refractivity contribution in [2.24, 2.45) is 0 Å². The Kier molecular flexibility index (Phi) is 5.84. The molecule has 0 bridgehead atoms. The molecule has 3 nitrogen and oxygen atoms in total. The minimum Gasteiger partial charge on any atom is -0.481 e. The molecule has 0 aliphatic heterocycles. The van der Waals surface area contributed by atoms with Crippen LogP contribution in [0.5, 0.6) is 5.75 Å². The first-order chi connectivity index (χ1) is 8.13. The highest BCUT2D eigenvalue weighted by Gasteiger charge is 2.13. The van der Waals surface area contributed by atoms with Crippen LogP contribution in [0, 0.1) is 0 Å². The zero-order chi connectivity index (χ0) is 12.7. The minimum atomic E-state index is -0.493. The van der Waals surface area contributed by atoms with Crippen LogP contribution >= 0.6 is 11.6 Å². The molecule has 0 aliphatic rings. The third-order valence-electron chi connectivity index (χ3n) is 2.33. The van der Waals surface area contributed by atoms with E-state index in [1.165, 1.54) is 0 Å². The number of hydrogen-bond donors (Lipinski definition) is 1. The van der Waals surface area contributed by atoms with Crippen LogP contribution in [0.4, 0.5) is 0 Å². The van der Waals surface area contributed by atoms with Crippen molar-refractivity contribution >= 4 is 17.5 Å². The third kappa shape index (κ3) is 5.09. The Morgan fingerprint density at radius 1 is 1.41 bits per heavy atom. The predicted octanol–water partition coefficient (Wildman–Crippen LogP) is 3.02. The first-order valence-electron chi connectivity index (χ1n) is 5.83.